The van der Waals surface area contributed by atoms with Gasteiger partial charge in [0.1, 0.15) is 11.2 Å². The lowest BCUT2D eigenvalue weighted by molar-refractivity contribution is -0.161. The van der Waals surface area contributed by atoms with Gasteiger partial charge in [0.25, 0.3) is 0 Å². The molecule has 0 radical (unpaired) electrons. The number of carbonyl (C=O) groups excluding carboxylic acids is 2. The third-order valence-corrected chi connectivity index (χ3v) is 4.45. The topological polar surface area (TPSA) is 76.7 Å². The highest BCUT2D eigenvalue weighted by Crippen LogP contribution is 2.21. The molecule has 0 aliphatic carbocycles. The van der Waals surface area contributed by atoms with E-state index in [2.05, 4.69) is 24.5 Å². The minimum atomic E-state index is -0.362. The number of rotatable bonds is 2. The molecule has 0 saturated carbocycles. The second-order valence-electron chi connectivity index (χ2n) is 9.55. The molecule has 2 rings (SSSR count). The van der Waals surface area contributed by atoms with Crippen molar-refractivity contribution < 1.29 is 19.1 Å². The monoisotopic (exact) mass is 370 g/mol. The average molecular weight is 371 g/mol. The molecule has 6 heteroatoms. The Hall–Kier alpha value is -1.14. The third-order valence-electron chi connectivity index (χ3n) is 4.45. The maximum absolute atomic E-state index is 11.6. The van der Waals surface area contributed by atoms with E-state index in [9.17, 15) is 9.59 Å². The van der Waals surface area contributed by atoms with Crippen molar-refractivity contribution in [1.82, 2.24) is 10.6 Å². The van der Waals surface area contributed by atoms with Crippen LogP contribution in [0.2, 0.25) is 0 Å². The number of hydrogen-bond acceptors (Lipinski definition) is 6. The average Bonchev–Trinajstić information content (AvgIpc) is 3.04. The Morgan fingerprint density at radius 1 is 0.692 bits per heavy atom. The van der Waals surface area contributed by atoms with E-state index in [-0.39, 0.29) is 35.0 Å². The molecular weight excluding hydrogens is 332 g/mol. The molecule has 0 aromatic carbocycles. The second kappa shape index (κ2) is 9.18. The van der Waals surface area contributed by atoms with Crippen LogP contribution in [0.3, 0.4) is 0 Å². The molecule has 0 bridgehead atoms. The number of carbonyl (C=O) groups is 2. The molecule has 0 unspecified atom stereocenters. The number of ether oxygens (including phenoxy) is 2. The summed E-state index contributed by atoms with van der Waals surface area (Å²) in [6, 6.07) is 0. The van der Waals surface area contributed by atoms with Crippen LogP contribution in [0.1, 0.15) is 55.4 Å². The number of hydrogen-bond donors (Lipinski definition) is 2. The van der Waals surface area contributed by atoms with Crippen LogP contribution in [0.15, 0.2) is 0 Å². The Labute approximate surface area is 158 Å². The minimum Gasteiger partial charge on any atom is -0.460 e. The van der Waals surface area contributed by atoms with Gasteiger partial charge in [-0.1, -0.05) is 13.8 Å². The first-order chi connectivity index (χ1) is 11.8. The first-order valence-corrected chi connectivity index (χ1v) is 9.67. The van der Waals surface area contributed by atoms with Crippen molar-refractivity contribution in [2.45, 2.75) is 66.6 Å². The van der Waals surface area contributed by atoms with Crippen LogP contribution in [0.5, 0.6) is 0 Å². The molecule has 152 valence electrons. The summed E-state index contributed by atoms with van der Waals surface area (Å²) in [5, 5.41) is 6.38. The maximum Gasteiger partial charge on any atom is 0.311 e. The summed E-state index contributed by atoms with van der Waals surface area (Å²) in [5.74, 6) is 0.748. The van der Waals surface area contributed by atoms with E-state index in [4.69, 9.17) is 9.47 Å². The molecule has 0 spiro atoms. The largest absolute Gasteiger partial charge is 0.460 e. The Bertz CT molecular complexity index is 435. The predicted octanol–water partition coefficient (Wildman–Crippen LogP) is 2.37. The number of nitrogens with one attached hydrogen (secondary N) is 2. The van der Waals surface area contributed by atoms with E-state index in [0.717, 1.165) is 26.2 Å². The van der Waals surface area contributed by atoms with Crippen LogP contribution in [0.25, 0.3) is 0 Å². The second-order valence-corrected chi connectivity index (χ2v) is 9.55. The van der Waals surface area contributed by atoms with Gasteiger partial charge in [-0.2, -0.15) is 0 Å². The summed E-state index contributed by atoms with van der Waals surface area (Å²) in [6.07, 6.45) is 0. The summed E-state index contributed by atoms with van der Waals surface area (Å²) in [5.41, 5.74) is -0.723. The Balaban J connectivity index is 0.000000260. The Morgan fingerprint density at radius 2 is 1.00 bits per heavy atom. The zero-order valence-electron chi connectivity index (χ0n) is 17.8. The first kappa shape index (κ1) is 22.9. The van der Waals surface area contributed by atoms with Crippen LogP contribution < -0.4 is 10.6 Å². The van der Waals surface area contributed by atoms with Gasteiger partial charge in [0.15, 0.2) is 0 Å². The van der Waals surface area contributed by atoms with Crippen molar-refractivity contribution in [2.24, 2.45) is 23.7 Å². The molecule has 0 amide bonds. The lowest BCUT2D eigenvalue weighted by atomic mass is 9.98. The van der Waals surface area contributed by atoms with Crippen molar-refractivity contribution in [3.8, 4) is 0 Å². The number of esters is 2. The normalized spacial score (nSPS) is 28.9. The van der Waals surface area contributed by atoms with Crippen molar-refractivity contribution in [3.05, 3.63) is 0 Å². The van der Waals surface area contributed by atoms with E-state index in [1.807, 2.05) is 41.5 Å². The molecule has 0 aromatic rings. The van der Waals surface area contributed by atoms with Crippen molar-refractivity contribution in [3.63, 3.8) is 0 Å². The van der Waals surface area contributed by atoms with Gasteiger partial charge in [0.2, 0.25) is 0 Å². The highest BCUT2D eigenvalue weighted by molar-refractivity contribution is 5.74. The molecule has 2 aliphatic heterocycles. The van der Waals surface area contributed by atoms with Gasteiger partial charge >= 0.3 is 11.9 Å². The summed E-state index contributed by atoms with van der Waals surface area (Å²) >= 11 is 0. The molecule has 2 N–H and O–H groups in total. The van der Waals surface area contributed by atoms with Crippen LogP contribution in [-0.4, -0.2) is 49.3 Å². The van der Waals surface area contributed by atoms with E-state index in [0.29, 0.717) is 11.8 Å². The first-order valence-electron chi connectivity index (χ1n) is 9.67. The zero-order valence-corrected chi connectivity index (χ0v) is 17.8. The van der Waals surface area contributed by atoms with Gasteiger partial charge in [-0.05, 0) is 66.5 Å². The molecule has 2 aliphatic rings. The Kier molecular flexibility index (Phi) is 8.08. The summed E-state index contributed by atoms with van der Waals surface area (Å²) in [7, 11) is 0. The predicted molar refractivity (Wildman–Crippen MR) is 103 cm³/mol. The molecule has 0 aromatic heterocycles. The van der Waals surface area contributed by atoms with E-state index >= 15 is 0 Å². The van der Waals surface area contributed by atoms with Crippen molar-refractivity contribution >= 4 is 11.9 Å². The standard InChI is InChI=1S/2C10H19NO2/c2*1-7-5-11-6-8(7)9(12)13-10(2,3)4/h2*7-8,11H,5-6H2,1-4H3/t2*7-,8-/m10/s1. The SMILES string of the molecule is C[C@@H]1CNC[C@H]1C(=O)OC(C)(C)C.C[C@H]1CNC[C@@H]1C(=O)OC(C)(C)C. The van der Waals surface area contributed by atoms with E-state index in [1.165, 1.54) is 0 Å². The molecule has 2 saturated heterocycles. The van der Waals surface area contributed by atoms with Gasteiger partial charge in [-0.3, -0.25) is 9.59 Å². The summed E-state index contributed by atoms with van der Waals surface area (Å²) < 4.78 is 10.6. The lowest BCUT2D eigenvalue weighted by Crippen LogP contribution is -2.31. The molecule has 2 fully saturated rings. The molecule has 2 heterocycles. The fourth-order valence-corrected chi connectivity index (χ4v) is 3.01. The third kappa shape index (κ3) is 8.04. The van der Waals surface area contributed by atoms with Crippen molar-refractivity contribution in [1.29, 1.82) is 0 Å². The van der Waals surface area contributed by atoms with Crippen LogP contribution in [0, 0.1) is 23.7 Å². The van der Waals surface area contributed by atoms with Crippen LogP contribution >= 0.6 is 0 Å². The molecule has 26 heavy (non-hydrogen) atoms. The van der Waals surface area contributed by atoms with Gasteiger partial charge < -0.3 is 20.1 Å². The van der Waals surface area contributed by atoms with E-state index < -0.39 is 0 Å². The Morgan fingerprint density at radius 3 is 1.19 bits per heavy atom. The molecule has 6 nitrogen and oxygen atoms in total. The highest BCUT2D eigenvalue weighted by atomic mass is 16.6. The van der Waals surface area contributed by atoms with Gasteiger partial charge in [0.05, 0.1) is 11.8 Å². The van der Waals surface area contributed by atoms with Crippen molar-refractivity contribution in [2.75, 3.05) is 26.2 Å². The fourth-order valence-electron chi connectivity index (χ4n) is 3.01. The fraction of sp³-hybridized carbons (Fsp3) is 0.900. The quantitative estimate of drug-likeness (QED) is 0.727. The minimum absolute atomic E-state index is 0.0409. The summed E-state index contributed by atoms with van der Waals surface area (Å²) in [6.45, 7) is 18.9. The van der Waals surface area contributed by atoms with E-state index in [1.54, 1.807) is 0 Å². The lowest BCUT2D eigenvalue weighted by Gasteiger charge is -2.23. The maximum atomic E-state index is 11.6. The molecular formula is C20H38N2O4. The summed E-state index contributed by atoms with van der Waals surface area (Å²) in [4.78, 5) is 23.2. The van der Waals surface area contributed by atoms with Crippen LogP contribution in [-0.2, 0) is 19.1 Å². The van der Waals surface area contributed by atoms with Gasteiger partial charge in [-0.25, -0.2) is 0 Å². The molecule has 4 atom stereocenters. The smallest absolute Gasteiger partial charge is 0.311 e. The highest BCUT2D eigenvalue weighted by Gasteiger charge is 2.33. The van der Waals surface area contributed by atoms with Crippen LogP contribution in [0.4, 0.5) is 0 Å². The van der Waals surface area contributed by atoms with Gasteiger partial charge in [-0.15, -0.1) is 0 Å². The van der Waals surface area contributed by atoms with Gasteiger partial charge in [0, 0.05) is 13.1 Å². The zero-order chi connectivity index (χ0) is 20.1.